The SMILES string of the molecule is CC1CN(c2ccc(CNC(=O)NC3CCN(CC4CC4)CC3)cn2)CCO1. The van der Waals surface area contributed by atoms with Crippen LogP contribution >= 0.6 is 0 Å². The maximum absolute atomic E-state index is 12.2. The highest BCUT2D eigenvalue weighted by atomic mass is 16.5. The second-order valence-corrected chi connectivity index (χ2v) is 8.50. The van der Waals surface area contributed by atoms with Crippen molar-refractivity contribution in [2.45, 2.75) is 51.3 Å². The maximum atomic E-state index is 12.2. The van der Waals surface area contributed by atoms with Crippen LogP contribution < -0.4 is 15.5 Å². The van der Waals surface area contributed by atoms with Crippen LogP contribution in [-0.4, -0.2) is 67.4 Å². The highest BCUT2D eigenvalue weighted by molar-refractivity contribution is 5.74. The van der Waals surface area contributed by atoms with Gasteiger partial charge in [0.15, 0.2) is 0 Å². The van der Waals surface area contributed by atoms with Crippen molar-refractivity contribution in [3.63, 3.8) is 0 Å². The van der Waals surface area contributed by atoms with Crippen molar-refractivity contribution in [2.24, 2.45) is 5.92 Å². The van der Waals surface area contributed by atoms with Crippen molar-refractivity contribution >= 4 is 11.8 Å². The molecule has 2 N–H and O–H groups in total. The lowest BCUT2D eigenvalue weighted by molar-refractivity contribution is 0.0529. The molecule has 0 aromatic carbocycles. The summed E-state index contributed by atoms with van der Waals surface area (Å²) < 4.78 is 5.58. The molecule has 0 radical (unpaired) electrons. The number of nitrogens with zero attached hydrogens (tertiary/aromatic N) is 3. The van der Waals surface area contributed by atoms with E-state index in [1.165, 1.54) is 19.4 Å². The number of ether oxygens (including phenoxy) is 1. The Morgan fingerprint density at radius 1 is 1.21 bits per heavy atom. The maximum Gasteiger partial charge on any atom is 0.315 e. The van der Waals surface area contributed by atoms with Gasteiger partial charge >= 0.3 is 6.03 Å². The summed E-state index contributed by atoms with van der Waals surface area (Å²) in [6.07, 6.45) is 7.00. The number of morpholine rings is 1. The van der Waals surface area contributed by atoms with E-state index in [9.17, 15) is 4.79 Å². The van der Waals surface area contributed by atoms with E-state index in [2.05, 4.69) is 32.3 Å². The van der Waals surface area contributed by atoms with Gasteiger partial charge in [-0.05, 0) is 50.2 Å². The third-order valence-corrected chi connectivity index (χ3v) is 5.96. The fraction of sp³-hybridized carbons (Fsp3) is 0.714. The predicted octanol–water partition coefficient (Wildman–Crippen LogP) is 1.98. The van der Waals surface area contributed by atoms with Gasteiger partial charge in [0.1, 0.15) is 5.82 Å². The molecule has 0 bridgehead atoms. The molecule has 7 nitrogen and oxygen atoms in total. The quantitative estimate of drug-likeness (QED) is 0.781. The number of carbonyl (C=O) groups excluding carboxylic acids is 1. The molecule has 1 saturated carbocycles. The van der Waals surface area contributed by atoms with Crippen LogP contribution in [0, 0.1) is 5.92 Å². The van der Waals surface area contributed by atoms with E-state index in [0.717, 1.165) is 62.9 Å². The average molecular weight is 388 g/mol. The summed E-state index contributed by atoms with van der Waals surface area (Å²) in [6.45, 7) is 8.53. The summed E-state index contributed by atoms with van der Waals surface area (Å²) in [6, 6.07) is 4.28. The molecular weight excluding hydrogens is 354 g/mol. The van der Waals surface area contributed by atoms with E-state index in [4.69, 9.17) is 4.74 Å². The van der Waals surface area contributed by atoms with Crippen LogP contribution in [0.2, 0.25) is 0 Å². The van der Waals surface area contributed by atoms with Crippen LogP contribution in [0.1, 0.15) is 38.2 Å². The number of pyridine rings is 1. The lowest BCUT2D eigenvalue weighted by Gasteiger charge is -2.32. The molecule has 3 fully saturated rings. The predicted molar refractivity (Wildman–Crippen MR) is 109 cm³/mol. The molecule has 28 heavy (non-hydrogen) atoms. The normalized spacial score (nSPS) is 24.2. The van der Waals surface area contributed by atoms with Gasteiger partial charge in [0.05, 0.1) is 12.7 Å². The molecule has 1 atom stereocenters. The zero-order valence-corrected chi connectivity index (χ0v) is 16.9. The first-order chi connectivity index (χ1) is 13.7. The van der Waals surface area contributed by atoms with Gasteiger partial charge in [-0.2, -0.15) is 0 Å². The molecule has 1 aliphatic carbocycles. The summed E-state index contributed by atoms with van der Waals surface area (Å²) in [4.78, 5) is 21.6. The summed E-state index contributed by atoms with van der Waals surface area (Å²) >= 11 is 0. The number of likely N-dealkylation sites (tertiary alicyclic amines) is 1. The Morgan fingerprint density at radius 2 is 2.04 bits per heavy atom. The number of hydrogen-bond donors (Lipinski definition) is 2. The second-order valence-electron chi connectivity index (χ2n) is 8.50. The molecule has 2 amide bonds. The van der Waals surface area contributed by atoms with E-state index in [1.54, 1.807) is 0 Å². The number of anilines is 1. The van der Waals surface area contributed by atoms with Gasteiger partial charge in [-0.15, -0.1) is 0 Å². The Morgan fingerprint density at radius 3 is 2.71 bits per heavy atom. The monoisotopic (exact) mass is 387 g/mol. The number of aromatic nitrogens is 1. The molecule has 7 heteroatoms. The Bertz CT molecular complexity index is 641. The van der Waals surface area contributed by atoms with Crippen molar-refractivity contribution in [1.29, 1.82) is 0 Å². The highest BCUT2D eigenvalue weighted by Crippen LogP contribution is 2.30. The third-order valence-electron chi connectivity index (χ3n) is 5.96. The molecule has 4 rings (SSSR count). The topological polar surface area (TPSA) is 69.7 Å². The average Bonchev–Trinajstić information content (AvgIpc) is 3.52. The van der Waals surface area contributed by atoms with Gasteiger partial charge in [0.25, 0.3) is 0 Å². The van der Waals surface area contributed by atoms with Crippen LogP contribution in [0.3, 0.4) is 0 Å². The molecule has 2 saturated heterocycles. The molecule has 3 heterocycles. The van der Waals surface area contributed by atoms with Gasteiger partial charge in [-0.3, -0.25) is 0 Å². The number of rotatable bonds is 6. The first kappa shape index (κ1) is 19.5. The number of hydrogen-bond acceptors (Lipinski definition) is 5. The molecule has 2 aliphatic heterocycles. The van der Waals surface area contributed by atoms with Gasteiger partial charge in [-0.25, -0.2) is 9.78 Å². The smallest absolute Gasteiger partial charge is 0.315 e. The first-order valence-corrected chi connectivity index (χ1v) is 10.7. The minimum absolute atomic E-state index is 0.0771. The van der Waals surface area contributed by atoms with Crippen molar-refractivity contribution in [3.05, 3.63) is 23.9 Å². The fourth-order valence-corrected chi connectivity index (χ4v) is 4.08. The largest absolute Gasteiger partial charge is 0.375 e. The highest BCUT2D eigenvalue weighted by Gasteiger charge is 2.27. The van der Waals surface area contributed by atoms with E-state index < -0.39 is 0 Å². The summed E-state index contributed by atoms with van der Waals surface area (Å²) in [5.41, 5.74) is 1.01. The molecule has 154 valence electrons. The lowest BCUT2D eigenvalue weighted by Crippen LogP contribution is -2.48. The molecule has 3 aliphatic rings. The number of carbonyl (C=O) groups is 1. The zero-order chi connectivity index (χ0) is 19.3. The van der Waals surface area contributed by atoms with E-state index in [-0.39, 0.29) is 12.1 Å². The summed E-state index contributed by atoms with van der Waals surface area (Å²) in [7, 11) is 0. The zero-order valence-electron chi connectivity index (χ0n) is 16.9. The van der Waals surface area contributed by atoms with Crippen molar-refractivity contribution in [2.75, 3.05) is 44.2 Å². The molecular formula is C21H33N5O2. The second kappa shape index (κ2) is 9.09. The summed E-state index contributed by atoms with van der Waals surface area (Å²) in [5, 5.41) is 6.10. The van der Waals surface area contributed by atoms with Crippen molar-refractivity contribution in [3.8, 4) is 0 Å². The van der Waals surface area contributed by atoms with Crippen LogP contribution in [0.15, 0.2) is 18.3 Å². The van der Waals surface area contributed by atoms with Crippen LogP contribution in [-0.2, 0) is 11.3 Å². The van der Waals surface area contributed by atoms with Crippen molar-refractivity contribution < 1.29 is 9.53 Å². The minimum atomic E-state index is -0.0771. The molecule has 1 aromatic rings. The molecule has 1 aromatic heterocycles. The number of urea groups is 1. The van der Waals surface area contributed by atoms with E-state index >= 15 is 0 Å². The number of amides is 2. The van der Waals surface area contributed by atoms with E-state index in [1.807, 2.05) is 18.3 Å². The fourth-order valence-electron chi connectivity index (χ4n) is 4.08. The van der Waals surface area contributed by atoms with Gasteiger partial charge in [0, 0.05) is 51.5 Å². The third kappa shape index (κ3) is 5.58. The minimum Gasteiger partial charge on any atom is -0.375 e. The van der Waals surface area contributed by atoms with E-state index in [0.29, 0.717) is 12.6 Å². The molecule has 1 unspecified atom stereocenters. The standard InChI is InChI=1S/C21H33N5O2/c1-16-14-26(10-11-28-16)20-5-4-18(12-22-20)13-23-21(27)24-19-6-8-25(9-7-19)15-17-2-3-17/h4-5,12,16-17,19H,2-3,6-11,13-15H2,1H3,(H2,23,24,27). The Labute approximate surface area is 167 Å². The number of nitrogens with one attached hydrogen (secondary N) is 2. The number of piperidine rings is 1. The van der Waals surface area contributed by atoms with Crippen molar-refractivity contribution in [1.82, 2.24) is 20.5 Å². The van der Waals surface area contributed by atoms with Crippen LogP contribution in [0.5, 0.6) is 0 Å². The van der Waals surface area contributed by atoms with Gasteiger partial charge in [0.2, 0.25) is 0 Å². The molecule has 0 spiro atoms. The Hall–Kier alpha value is -1.86. The van der Waals surface area contributed by atoms with Gasteiger partial charge < -0.3 is 25.2 Å². The summed E-state index contributed by atoms with van der Waals surface area (Å²) in [5.74, 6) is 1.92. The van der Waals surface area contributed by atoms with Gasteiger partial charge in [-0.1, -0.05) is 6.07 Å². The Balaban J connectivity index is 1.16. The lowest BCUT2D eigenvalue weighted by atomic mass is 10.0. The van der Waals surface area contributed by atoms with Crippen LogP contribution in [0.4, 0.5) is 10.6 Å². The Kier molecular flexibility index (Phi) is 6.32. The van der Waals surface area contributed by atoms with Crippen LogP contribution in [0.25, 0.3) is 0 Å². The first-order valence-electron chi connectivity index (χ1n) is 10.7.